The first-order chi connectivity index (χ1) is 4.51. The Labute approximate surface area is 60.9 Å². The van der Waals surface area contributed by atoms with E-state index in [0.717, 1.165) is 0 Å². The van der Waals surface area contributed by atoms with Crippen LogP contribution in [0.2, 0.25) is 0 Å². The van der Waals surface area contributed by atoms with Crippen LogP contribution < -0.4 is 0 Å². The third kappa shape index (κ3) is 0.669. The molecule has 0 aromatic heterocycles. The molecule has 1 amide bonds. The molecule has 3 nitrogen and oxygen atoms in total. The molecule has 0 aromatic carbocycles. The van der Waals surface area contributed by atoms with Crippen molar-refractivity contribution in [1.29, 1.82) is 0 Å². The van der Waals surface area contributed by atoms with Gasteiger partial charge in [-0.1, -0.05) is 6.92 Å². The first-order valence-corrected chi connectivity index (χ1v) is 3.40. The highest BCUT2D eigenvalue weighted by Crippen LogP contribution is 2.36. The Morgan fingerprint density at radius 3 is 2.30 bits per heavy atom. The number of hydroxylamine groups is 2. The summed E-state index contributed by atoms with van der Waals surface area (Å²) in [5.41, 5.74) is -0.119. The Morgan fingerprint density at radius 2 is 2.10 bits per heavy atom. The maximum absolute atomic E-state index is 11.0. The maximum atomic E-state index is 11.0. The molecule has 1 aliphatic rings. The summed E-state index contributed by atoms with van der Waals surface area (Å²) < 4.78 is 0. The van der Waals surface area contributed by atoms with E-state index in [1.807, 2.05) is 20.8 Å². The zero-order chi connectivity index (χ0) is 7.94. The van der Waals surface area contributed by atoms with Crippen molar-refractivity contribution in [2.75, 3.05) is 7.11 Å². The third-order valence-corrected chi connectivity index (χ3v) is 2.34. The van der Waals surface area contributed by atoms with E-state index in [9.17, 15) is 4.79 Å². The number of hydrogen-bond acceptors (Lipinski definition) is 2. The lowest BCUT2D eigenvalue weighted by Crippen LogP contribution is -2.66. The van der Waals surface area contributed by atoms with E-state index < -0.39 is 0 Å². The van der Waals surface area contributed by atoms with Crippen molar-refractivity contribution in [2.24, 2.45) is 5.92 Å². The van der Waals surface area contributed by atoms with Crippen molar-refractivity contribution in [2.45, 2.75) is 26.3 Å². The van der Waals surface area contributed by atoms with Gasteiger partial charge in [-0.2, -0.15) is 0 Å². The Hall–Kier alpha value is -0.570. The van der Waals surface area contributed by atoms with Gasteiger partial charge in [0.1, 0.15) is 0 Å². The van der Waals surface area contributed by atoms with Crippen LogP contribution in [0, 0.1) is 5.92 Å². The molecule has 0 saturated carbocycles. The van der Waals surface area contributed by atoms with E-state index in [1.165, 1.54) is 12.2 Å². The van der Waals surface area contributed by atoms with Crippen LogP contribution in [0.15, 0.2) is 0 Å². The molecular formula is C7H13NO2. The molecule has 1 aliphatic heterocycles. The number of carbonyl (C=O) groups excluding carboxylic acids is 1. The number of rotatable bonds is 1. The summed E-state index contributed by atoms with van der Waals surface area (Å²) in [6, 6.07) is 0. The van der Waals surface area contributed by atoms with E-state index >= 15 is 0 Å². The average molecular weight is 143 g/mol. The van der Waals surface area contributed by atoms with Crippen LogP contribution in [-0.2, 0) is 9.63 Å². The van der Waals surface area contributed by atoms with E-state index in [-0.39, 0.29) is 17.4 Å². The fourth-order valence-corrected chi connectivity index (χ4v) is 1.20. The van der Waals surface area contributed by atoms with Crippen molar-refractivity contribution in [3.63, 3.8) is 0 Å². The van der Waals surface area contributed by atoms with E-state index in [4.69, 9.17) is 4.84 Å². The summed E-state index contributed by atoms with van der Waals surface area (Å²) >= 11 is 0. The highest BCUT2D eigenvalue weighted by atomic mass is 16.7. The molecule has 1 saturated heterocycles. The molecule has 1 heterocycles. The summed E-state index contributed by atoms with van der Waals surface area (Å²) in [7, 11) is 1.52. The molecule has 10 heavy (non-hydrogen) atoms. The number of nitrogens with zero attached hydrogens (tertiary/aromatic N) is 1. The molecule has 1 rings (SSSR count). The zero-order valence-corrected chi connectivity index (χ0v) is 6.84. The van der Waals surface area contributed by atoms with Gasteiger partial charge in [0.2, 0.25) is 0 Å². The summed E-state index contributed by atoms with van der Waals surface area (Å²) in [4.78, 5) is 15.9. The van der Waals surface area contributed by atoms with Gasteiger partial charge in [0.05, 0.1) is 18.6 Å². The van der Waals surface area contributed by atoms with E-state index in [2.05, 4.69) is 0 Å². The lowest BCUT2D eigenvalue weighted by molar-refractivity contribution is -0.253. The smallest absolute Gasteiger partial charge is 0.251 e. The van der Waals surface area contributed by atoms with Crippen molar-refractivity contribution < 1.29 is 9.63 Å². The van der Waals surface area contributed by atoms with Crippen molar-refractivity contribution >= 4 is 5.91 Å². The Kier molecular flexibility index (Phi) is 1.47. The van der Waals surface area contributed by atoms with Gasteiger partial charge in [-0.15, -0.1) is 0 Å². The monoisotopic (exact) mass is 143 g/mol. The molecule has 3 heteroatoms. The van der Waals surface area contributed by atoms with Crippen LogP contribution in [0.4, 0.5) is 0 Å². The fourth-order valence-electron chi connectivity index (χ4n) is 1.20. The van der Waals surface area contributed by atoms with E-state index in [0.29, 0.717) is 0 Å². The zero-order valence-electron chi connectivity index (χ0n) is 6.84. The van der Waals surface area contributed by atoms with Gasteiger partial charge in [0.25, 0.3) is 5.91 Å². The highest BCUT2D eigenvalue weighted by molar-refractivity contribution is 5.85. The lowest BCUT2D eigenvalue weighted by Gasteiger charge is -2.50. The first-order valence-electron chi connectivity index (χ1n) is 3.40. The SMILES string of the molecule is CON1C(=O)[C@@H](C)C1(C)C. The maximum Gasteiger partial charge on any atom is 0.251 e. The van der Waals surface area contributed by atoms with Crippen LogP contribution >= 0.6 is 0 Å². The molecule has 1 atom stereocenters. The van der Waals surface area contributed by atoms with Gasteiger partial charge in [0.15, 0.2) is 0 Å². The van der Waals surface area contributed by atoms with Gasteiger partial charge in [-0.25, -0.2) is 5.06 Å². The van der Waals surface area contributed by atoms with Crippen LogP contribution in [-0.4, -0.2) is 23.6 Å². The van der Waals surface area contributed by atoms with Crippen molar-refractivity contribution in [3.8, 4) is 0 Å². The van der Waals surface area contributed by atoms with Gasteiger partial charge in [0, 0.05) is 0 Å². The second kappa shape index (κ2) is 1.95. The quantitative estimate of drug-likeness (QED) is 0.508. The summed E-state index contributed by atoms with van der Waals surface area (Å²) in [5, 5.41) is 1.41. The van der Waals surface area contributed by atoms with Crippen molar-refractivity contribution in [3.05, 3.63) is 0 Å². The Balaban J connectivity index is 2.71. The largest absolute Gasteiger partial charge is 0.274 e. The molecule has 0 unspecified atom stereocenters. The number of carbonyl (C=O) groups is 1. The second-order valence-electron chi connectivity index (χ2n) is 3.19. The summed E-state index contributed by atoms with van der Waals surface area (Å²) in [6.45, 7) is 5.89. The van der Waals surface area contributed by atoms with Gasteiger partial charge in [-0.05, 0) is 13.8 Å². The minimum Gasteiger partial charge on any atom is -0.274 e. The Bertz CT molecular complexity index is 165. The number of β-lactam (4-membered cyclic amide) rings is 1. The minimum atomic E-state index is -0.119. The van der Waals surface area contributed by atoms with Gasteiger partial charge < -0.3 is 0 Å². The first kappa shape index (κ1) is 7.54. The van der Waals surface area contributed by atoms with E-state index in [1.54, 1.807) is 0 Å². The molecule has 0 N–H and O–H groups in total. The second-order valence-corrected chi connectivity index (χ2v) is 3.19. The van der Waals surface area contributed by atoms with Crippen molar-refractivity contribution in [1.82, 2.24) is 5.06 Å². The normalized spacial score (nSPS) is 30.2. The van der Waals surface area contributed by atoms with Gasteiger partial charge >= 0.3 is 0 Å². The standard InChI is InChI=1S/C7H13NO2/c1-5-6(9)8(10-4)7(5,2)3/h5H,1-4H3/t5-/m1/s1. The van der Waals surface area contributed by atoms with Gasteiger partial charge in [-0.3, -0.25) is 9.63 Å². The lowest BCUT2D eigenvalue weighted by atomic mass is 9.80. The third-order valence-electron chi connectivity index (χ3n) is 2.34. The molecule has 58 valence electrons. The number of amides is 1. The molecule has 0 aromatic rings. The molecule has 0 aliphatic carbocycles. The average Bonchev–Trinajstić information content (AvgIpc) is 1.88. The van der Waals surface area contributed by atoms with Crippen LogP contribution in [0.3, 0.4) is 0 Å². The molecular weight excluding hydrogens is 130 g/mol. The minimum absolute atomic E-state index is 0.0764. The highest BCUT2D eigenvalue weighted by Gasteiger charge is 2.51. The molecule has 0 radical (unpaired) electrons. The van der Waals surface area contributed by atoms with Crippen LogP contribution in [0.1, 0.15) is 20.8 Å². The molecule has 0 spiro atoms. The summed E-state index contributed by atoms with van der Waals surface area (Å²) in [6.07, 6.45) is 0. The fraction of sp³-hybridized carbons (Fsp3) is 0.857. The summed E-state index contributed by atoms with van der Waals surface area (Å²) in [5.74, 6) is 0.167. The predicted octanol–water partition coefficient (Wildman–Crippen LogP) is 0.805. The van der Waals surface area contributed by atoms with Crippen LogP contribution in [0.25, 0.3) is 0 Å². The topological polar surface area (TPSA) is 29.5 Å². The number of hydrogen-bond donors (Lipinski definition) is 0. The predicted molar refractivity (Wildman–Crippen MR) is 37.1 cm³/mol. The van der Waals surface area contributed by atoms with Crippen LogP contribution in [0.5, 0.6) is 0 Å². The Morgan fingerprint density at radius 1 is 1.60 bits per heavy atom. The molecule has 0 bridgehead atoms. The molecule has 1 fully saturated rings.